The van der Waals surface area contributed by atoms with Gasteiger partial charge < -0.3 is 9.64 Å². The molecule has 2 heteroatoms. The van der Waals surface area contributed by atoms with Crippen LogP contribution in [0.1, 0.15) is 32.3 Å². The highest BCUT2D eigenvalue weighted by Crippen LogP contribution is 2.30. The summed E-state index contributed by atoms with van der Waals surface area (Å²) in [6, 6.07) is 9.66. The van der Waals surface area contributed by atoms with Gasteiger partial charge in [0.1, 0.15) is 11.9 Å². The number of hydrogen-bond donors (Lipinski definition) is 0. The Kier molecular flexibility index (Phi) is 3.72. The lowest BCUT2D eigenvalue weighted by Gasteiger charge is -2.42. The highest BCUT2D eigenvalue weighted by atomic mass is 16.5. The van der Waals surface area contributed by atoms with E-state index in [1.807, 2.05) is 0 Å². The number of nitrogens with zero attached hydrogens (tertiary/aromatic N) is 1. The van der Waals surface area contributed by atoms with Crippen molar-refractivity contribution >= 4 is 0 Å². The fourth-order valence-electron chi connectivity index (χ4n) is 2.20. The van der Waals surface area contributed by atoms with Gasteiger partial charge in [-0.15, -0.1) is 0 Å². The van der Waals surface area contributed by atoms with Crippen LogP contribution in [0.5, 0.6) is 5.75 Å². The molecular formula is C15H23NO. The van der Waals surface area contributed by atoms with Crippen LogP contribution in [0.25, 0.3) is 0 Å². The fourth-order valence-corrected chi connectivity index (χ4v) is 2.20. The molecular weight excluding hydrogens is 210 g/mol. The van der Waals surface area contributed by atoms with Gasteiger partial charge >= 0.3 is 0 Å². The first-order valence-electron chi connectivity index (χ1n) is 6.51. The average Bonchev–Trinajstić information content (AvgIpc) is 2.24. The van der Waals surface area contributed by atoms with Crippen molar-refractivity contribution in [1.29, 1.82) is 0 Å². The normalized spacial score (nSPS) is 23.9. The van der Waals surface area contributed by atoms with Crippen LogP contribution in [0, 0.1) is 6.92 Å². The van der Waals surface area contributed by atoms with Crippen LogP contribution in [0.3, 0.4) is 0 Å². The highest BCUT2D eigenvalue weighted by Gasteiger charge is 2.34. The van der Waals surface area contributed by atoms with E-state index in [2.05, 4.69) is 57.0 Å². The van der Waals surface area contributed by atoms with Crippen LogP contribution in [-0.4, -0.2) is 30.1 Å². The van der Waals surface area contributed by atoms with Crippen molar-refractivity contribution in [3.8, 4) is 5.75 Å². The van der Waals surface area contributed by atoms with E-state index in [1.54, 1.807) is 0 Å². The molecule has 0 atom stereocenters. The zero-order valence-electron chi connectivity index (χ0n) is 11.3. The Balaban J connectivity index is 1.79. The van der Waals surface area contributed by atoms with E-state index in [0.29, 0.717) is 18.2 Å². The second-order valence-corrected chi connectivity index (χ2v) is 5.44. The second kappa shape index (κ2) is 5.09. The smallest absolute Gasteiger partial charge is 0.119 e. The molecule has 1 aliphatic carbocycles. The van der Waals surface area contributed by atoms with Crippen molar-refractivity contribution in [2.24, 2.45) is 0 Å². The van der Waals surface area contributed by atoms with Gasteiger partial charge in [-0.2, -0.15) is 0 Å². The zero-order valence-corrected chi connectivity index (χ0v) is 11.3. The van der Waals surface area contributed by atoms with Crippen molar-refractivity contribution in [3.05, 3.63) is 29.8 Å². The van der Waals surface area contributed by atoms with Crippen molar-refractivity contribution in [1.82, 2.24) is 4.90 Å². The highest BCUT2D eigenvalue weighted by molar-refractivity contribution is 5.26. The van der Waals surface area contributed by atoms with Crippen LogP contribution in [0.4, 0.5) is 0 Å². The van der Waals surface area contributed by atoms with Gasteiger partial charge in [-0.3, -0.25) is 0 Å². The van der Waals surface area contributed by atoms with Crippen LogP contribution in [-0.2, 0) is 0 Å². The quantitative estimate of drug-likeness (QED) is 0.791. The molecule has 17 heavy (non-hydrogen) atoms. The lowest BCUT2D eigenvalue weighted by atomic mass is 9.87. The molecule has 1 saturated carbocycles. The summed E-state index contributed by atoms with van der Waals surface area (Å²) >= 11 is 0. The van der Waals surface area contributed by atoms with E-state index in [9.17, 15) is 0 Å². The average molecular weight is 233 g/mol. The number of aryl methyl sites for hydroxylation is 1. The van der Waals surface area contributed by atoms with E-state index in [-0.39, 0.29) is 0 Å². The molecule has 1 aliphatic rings. The summed E-state index contributed by atoms with van der Waals surface area (Å²) in [5.74, 6) is 1.01. The van der Waals surface area contributed by atoms with Gasteiger partial charge in [0.25, 0.3) is 0 Å². The molecule has 0 unspecified atom stereocenters. The maximum Gasteiger partial charge on any atom is 0.119 e. The summed E-state index contributed by atoms with van der Waals surface area (Å²) in [7, 11) is 2.21. The van der Waals surface area contributed by atoms with E-state index in [1.165, 1.54) is 5.56 Å². The first-order valence-corrected chi connectivity index (χ1v) is 6.51. The maximum absolute atomic E-state index is 5.94. The van der Waals surface area contributed by atoms with Gasteiger partial charge in [-0.25, -0.2) is 0 Å². The van der Waals surface area contributed by atoms with Crippen LogP contribution < -0.4 is 4.74 Å². The van der Waals surface area contributed by atoms with Gasteiger partial charge in [0.15, 0.2) is 0 Å². The van der Waals surface area contributed by atoms with Gasteiger partial charge in [0, 0.05) is 24.9 Å². The number of rotatable bonds is 4. The molecule has 0 amide bonds. The summed E-state index contributed by atoms with van der Waals surface area (Å²) in [5, 5.41) is 0. The van der Waals surface area contributed by atoms with E-state index >= 15 is 0 Å². The minimum absolute atomic E-state index is 0.406. The van der Waals surface area contributed by atoms with Gasteiger partial charge in [-0.1, -0.05) is 17.7 Å². The largest absolute Gasteiger partial charge is 0.490 e. The van der Waals surface area contributed by atoms with Gasteiger partial charge in [0.05, 0.1) is 0 Å². The molecule has 0 bridgehead atoms. The van der Waals surface area contributed by atoms with Gasteiger partial charge in [0.2, 0.25) is 0 Å². The molecule has 1 fully saturated rings. The Hall–Kier alpha value is -1.02. The molecule has 0 saturated heterocycles. The minimum Gasteiger partial charge on any atom is -0.490 e. The van der Waals surface area contributed by atoms with E-state index < -0.39 is 0 Å². The Bertz CT molecular complexity index is 352. The molecule has 0 spiro atoms. The monoisotopic (exact) mass is 233 g/mol. The second-order valence-electron chi connectivity index (χ2n) is 5.44. The molecule has 1 aromatic carbocycles. The molecule has 0 heterocycles. The molecule has 0 aromatic heterocycles. The molecule has 94 valence electrons. The van der Waals surface area contributed by atoms with Crippen molar-refractivity contribution in [2.75, 3.05) is 7.05 Å². The first-order chi connectivity index (χ1) is 8.06. The molecule has 0 radical (unpaired) electrons. The number of benzene rings is 1. The summed E-state index contributed by atoms with van der Waals surface area (Å²) in [5.41, 5.74) is 1.28. The standard InChI is InChI=1S/C15H23NO/c1-11(2)16(4)13-9-15(10-13)17-14-7-5-12(3)6-8-14/h5-8,11,13,15H,9-10H2,1-4H3. The molecule has 0 aliphatic heterocycles. The fraction of sp³-hybridized carbons (Fsp3) is 0.600. The maximum atomic E-state index is 5.94. The minimum atomic E-state index is 0.406. The predicted molar refractivity (Wildman–Crippen MR) is 71.5 cm³/mol. The number of hydrogen-bond acceptors (Lipinski definition) is 2. The van der Waals surface area contributed by atoms with Crippen LogP contribution >= 0.6 is 0 Å². The van der Waals surface area contributed by atoms with Crippen LogP contribution in [0.2, 0.25) is 0 Å². The molecule has 2 nitrogen and oxygen atoms in total. The third-order valence-corrected chi connectivity index (χ3v) is 3.78. The molecule has 1 aromatic rings. The molecule has 2 rings (SSSR count). The SMILES string of the molecule is Cc1ccc(OC2CC(N(C)C(C)C)C2)cc1. The summed E-state index contributed by atoms with van der Waals surface area (Å²) in [6.45, 7) is 6.59. The summed E-state index contributed by atoms with van der Waals surface area (Å²) in [6.07, 6.45) is 2.72. The Labute approximate surface area is 105 Å². The summed E-state index contributed by atoms with van der Waals surface area (Å²) in [4.78, 5) is 2.44. The van der Waals surface area contributed by atoms with E-state index in [4.69, 9.17) is 4.74 Å². The Morgan fingerprint density at radius 2 is 1.76 bits per heavy atom. The van der Waals surface area contributed by atoms with Gasteiger partial charge in [-0.05, 0) is 40.0 Å². The topological polar surface area (TPSA) is 12.5 Å². The summed E-state index contributed by atoms with van der Waals surface area (Å²) < 4.78 is 5.94. The molecule has 0 N–H and O–H groups in total. The van der Waals surface area contributed by atoms with E-state index in [0.717, 1.165) is 18.6 Å². The van der Waals surface area contributed by atoms with Crippen molar-refractivity contribution < 1.29 is 4.74 Å². The Morgan fingerprint density at radius 3 is 2.29 bits per heavy atom. The number of ether oxygens (including phenoxy) is 1. The lowest BCUT2D eigenvalue weighted by Crippen LogP contribution is -2.49. The Morgan fingerprint density at radius 1 is 1.18 bits per heavy atom. The van der Waals surface area contributed by atoms with Crippen LogP contribution in [0.15, 0.2) is 24.3 Å². The van der Waals surface area contributed by atoms with Crippen molar-refractivity contribution in [3.63, 3.8) is 0 Å². The first kappa shape index (κ1) is 12.4. The third-order valence-electron chi connectivity index (χ3n) is 3.78. The zero-order chi connectivity index (χ0) is 12.4. The third kappa shape index (κ3) is 3.01. The van der Waals surface area contributed by atoms with Crippen molar-refractivity contribution in [2.45, 2.75) is 51.8 Å². The predicted octanol–water partition coefficient (Wildman–Crippen LogP) is 3.25. The lowest BCUT2D eigenvalue weighted by molar-refractivity contribution is 0.0166.